The van der Waals surface area contributed by atoms with Crippen molar-refractivity contribution >= 4 is 22.8 Å². The minimum atomic E-state index is -0.943. The molecule has 0 atom stereocenters. The fourth-order valence-corrected chi connectivity index (χ4v) is 3.91. The third kappa shape index (κ3) is 5.05. The largest absolute Gasteiger partial charge is 0.489 e. The monoisotopic (exact) mass is 443 g/mol. The first-order valence-corrected chi connectivity index (χ1v) is 10.6. The van der Waals surface area contributed by atoms with Gasteiger partial charge >= 0.3 is 5.97 Å². The Kier molecular flexibility index (Phi) is 6.42. The molecule has 4 rings (SSSR count). The number of carbonyl (C=O) groups excluding carboxylic acids is 1. The van der Waals surface area contributed by atoms with Crippen molar-refractivity contribution in [3.63, 3.8) is 0 Å². The molecule has 4 aromatic rings. The molecule has 0 aliphatic carbocycles. The zero-order chi connectivity index (χ0) is 23.4. The van der Waals surface area contributed by atoms with E-state index in [0.29, 0.717) is 37.4 Å². The van der Waals surface area contributed by atoms with E-state index in [1.807, 2.05) is 30.3 Å². The number of carboxylic acid groups (broad SMARTS) is 1. The maximum Gasteiger partial charge on any atom is 0.335 e. The molecule has 0 fully saturated rings. The molecule has 0 bridgehead atoms. The minimum absolute atomic E-state index is 0.266. The van der Waals surface area contributed by atoms with Gasteiger partial charge in [0.05, 0.1) is 5.56 Å². The fourth-order valence-electron chi connectivity index (χ4n) is 3.91. The zero-order valence-corrected chi connectivity index (χ0v) is 18.0. The third-order valence-electron chi connectivity index (χ3n) is 5.49. The van der Waals surface area contributed by atoms with Crippen LogP contribution in [0.15, 0.2) is 72.9 Å². The normalized spacial score (nSPS) is 10.9. The van der Waals surface area contributed by atoms with Gasteiger partial charge in [0.15, 0.2) is 0 Å². The molecular weight excluding hydrogens is 418 g/mol. The van der Waals surface area contributed by atoms with E-state index in [9.17, 15) is 14.7 Å². The molecule has 0 aliphatic heterocycles. The van der Waals surface area contributed by atoms with Gasteiger partial charge in [0, 0.05) is 29.2 Å². The number of amides is 1. The van der Waals surface area contributed by atoms with Gasteiger partial charge < -0.3 is 25.9 Å². The van der Waals surface area contributed by atoms with Crippen LogP contribution in [0, 0.1) is 0 Å². The van der Waals surface area contributed by atoms with Crippen molar-refractivity contribution in [3.05, 3.63) is 101 Å². The molecule has 7 nitrogen and oxygen atoms in total. The van der Waals surface area contributed by atoms with Crippen LogP contribution in [0.5, 0.6) is 5.75 Å². The highest BCUT2D eigenvalue weighted by Crippen LogP contribution is 2.28. The Bertz CT molecular complexity index is 1330. The summed E-state index contributed by atoms with van der Waals surface area (Å²) < 4.78 is 8.08. The summed E-state index contributed by atoms with van der Waals surface area (Å²) in [5.74, 6) is -0.711. The van der Waals surface area contributed by atoms with Gasteiger partial charge in [-0.2, -0.15) is 0 Å². The number of aromatic nitrogens is 1. The van der Waals surface area contributed by atoms with Crippen molar-refractivity contribution in [2.24, 2.45) is 11.5 Å². The quantitative estimate of drug-likeness (QED) is 0.365. The van der Waals surface area contributed by atoms with Crippen LogP contribution in [-0.2, 0) is 19.6 Å². The molecule has 1 amide bonds. The van der Waals surface area contributed by atoms with E-state index in [-0.39, 0.29) is 5.56 Å². The molecular formula is C26H25N3O4. The number of fused-ring (bicyclic) bond motifs is 1. The maximum atomic E-state index is 11.4. The van der Waals surface area contributed by atoms with Gasteiger partial charge in [-0.15, -0.1) is 0 Å². The lowest BCUT2D eigenvalue weighted by Crippen LogP contribution is -2.11. The van der Waals surface area contributed by atoms with E-state index >= 15 is 0 Å². The molecule has 0 radical (unpaired) electrons. The molecule has 3 aromatic carbocycles. The lowest BCUT2D eigenvalue weighted by Gasteiger charge is -2.09. The van der Waals surface area contributed by atoms with Crippen LogP contribution in [0.3, 0.4) is 0 Å². The number of hydrogen-bond donors (Lipinski definition) is 3. The van der Waals surface area contributed by atoms with Crippen molar-refractivity contribution in [3.8, 4) is 5.75 Å². The standard InChI is InChI=1S/C26H25N3O4/c27-10-9-21-15-29(14-17-3-1-6-20(11-17)26(31)32)24-8-7-22(13-23(21)24)33-16-18-4-2-5-19(12-18)25(28)30/h1-8,11-13,15H,9-10,14,16,27H2,(H2,28,30)(H,31,32). The van der Waals surface area contributed by atoms with Crippen LogP contribution < -0.4 is 16.2 Å². The number of carbonyl (C=O) groups is 2. The second kappa shape index (κ2) is 9.58. The molecule has 1 aromatic heterocycles. The summed E-state index contributed by atoms with van der Waals surface area (Å²) in [7, 11) is 0. The van der Waals surface area contributed by atoms with Gasteiger partial charge in [-0.25, -0.2) is 4.79 Å². The summed E-state index contributed by atoms with van der Waals surface area (Å²) in [6.07, 6.45) is 2.77. The number of nitrogens with zero attached hydrogens (tertiary/aromatic N) is 1. The van der Waals surface area contributed by atoms with E-state index in [1.165, 1.54) is 0 Å². The van der Waals surface area contributed by atoms with Crippen molar-refractivity contribution in [1.29, 1.82) is 0 Å². The van der Waals surface area contributed by atoms with Crippen LogP contribution in [0.2, 0.25) is 0 Å². The van der Waals surface area contributed by atoms with E-state index in [2.05, 4.69) is 10.8 Å². The topological polar surface area (TPSA) is 121 Å². The molecule has 0 saturated heterocycles. The molecule has 0 aliphatic rings. The van der Waals surface area contributed by atoms with Gasteiger partial charge in [-0.05, 0) is 72.1 Å². The summed E-state index contributed by atoms with van der Waals surface area (Å²) in [6, 6.07) is 19.9. The average Bonchev–Trinajstić information content (AvgIpc) is 3.14. The molecule has 5 N–H and O–H groups in total. The first kappa shape index (κ1) is 22.1. The minimum Gasteiger partial charge on any atom is -0.489 e. The number of ether oxygens (including phenoxy) is 1. The molecule has 0 saturated carbocycles. The fraction of sp³-hybridized carbons (Fsp3) is 0.154. The first-order valence-electron chi connectivity index (χ1n) is 10.6. The summed E-state index contributed by atoms with van der Waals surface area (Å²) >= 11 is 0. The summed E-state index contributed by atoms with van der Waals surface area (Å²) in [5.41, 5.74) is 15.8. The highest BCUT2D eigenvalue weighted by atomic mass is 16.5. The van der Waals surface area contributed by atoms with Crippen molar-refractivity contribution in [2.75, 3.05) is 6.54 Å². The Balaban J connectivity index is 1.60. The van der Waals surface area contributed by atoms with Crippen LogP contribution in [-0.4, -0.2) is 28.1 Å². The molecule has 1 heterocycles. The Morgan fingerprint density at radius 3 is 2.39 bits per heavy atom. The van der Waals surface area contributed by atoms with Gasteiger partial charge in [0.25, 0.3) is 0 Å². The number of aromatic carboxylic acids is 1. The SMILES string of the molecule is NCCc1cn(Cc2cccc(C(=O)O)c2)c2ccc(OCc3cccc(C(N)=O)c3)cc12. The Morgan fingerprint density at radius 2 is 1.67 bits per heavy atom. The van der Waals surface area contributed by atoms with Crippen molar-refractivity contribution in [2.45, 2.75) is 19.6 Å². The predicted molar refractivity (Wildman–Crippen MR) is 126 cm³/mol. The van der Waals surface area contributed by atoms with Crippen LogP contribution in [0.1, 0.15) is 37.4 Å². The molecule has 33 heavy (non-hydrogen) atoms. The van der Waals surface area contributed by atoms with E-state index in [1.54, 1.807) is 36.4 Å². The van der Waals surface area contributed by atoms with Gasteiger partial charge in [0.1, 0.15) is 12.4 Å². The van der Waals surface area contributed by atoms with Crippen LogP contribution in [0.4, 0.5) is 0 Å². The Morgan fingerprint density at radius 1 is 0.939 bits per heavy atom. The number of primary amides is 1. The molecule has 7 heteroatoms. The number of carboxylic acids is 1. The number of nitrogens with two attached hydrogens (primary N) is 2. The van der Waals surface area contributed by atoms with E-state index in [0.717, 1.165) is 27.6 Å². The summed E-state index contributed by atoms with van der Waals surface area (Å²) in [4.78, 5) is 22.7. The second-order valence-electron chi connectivity index (χ2n) is 7.86. The summed E-state index contributed by atoms with van der Waals surface area (Å²) in [5, 5.41) is 10.3. The highest BCUT2D eigenvalue weighted by Gasteiger charge is 2.12. The number of benzene rings is 3. The third-order valence-corrected chi connectivity index (χ3v) is 5.49. The highest BCUT2D eigenvalue weighted by molar-refractivity contribution is 5.93. The number of hydrogen-bond acceptors (Lipinski definition) is 4. The lowest BCUT2D eigenvalue weighted by atomic mass is 10.1. The average molecular weight is 444 g/mol. The van der Waals surface area contributed by atoms with Gasteiger partial charge in [0.2, 0.25) is 5.91 Å². The molecule has 0 spiro atoms. The summed E-state index contributed by atoms with van der Waals surface area (Å²) in [6.45, 7) is 1.36. The van der Waals surface area contributed by atoms with E-state index in [4.69, 9.17) is 16.2 Å². The molecule has 0 unspecified atom stereocenters. The van der Waals surface area contributed by atoms with Crippen molar-refractivity contribution in [1.82, 2.24) is 4.57 Å². The van der Waals surface area contributed by atoms with Gasteiger partial charge in [-0.3, -0.25) is 4.79 Å². The first-order chi connectivity index (χ1) is 15.9. The van der Waals surface area contributed by atoms with Crippen LogP contribution >= 0.6 is 0 Å². The maximum absolute atomic E-state index is 11.4. The van der Waals surface area contributed by atoms with Crippen LogP contribution in [0.25, 0.3) is 10.9 Å². The zero-order valence-electron chi connectivity index (χ0n) is 18.0. The number of rotatable bonds is 9. The van der Waals surface area contributed by atoms with Gasteiger partial charge in [-0.1, -0.05) is 24.3 Å². The smallest absolute Gasteiger partial charge is 0.335 e. The Labute approximate surface area is 191 Å². The van der Waals surface area contributed by atoms with Crippen molar-refractivity contribution < 1.29 is 19.4 Å². The Hall–Kier alpha value is -4.10. The predicted octanol–water partition coefficient (Wildman–Crippen LogP) is 3.57. The second-order valence-corrected chi connectivity index (χ2v) is 7.86. The van der Waals surface area contributed by atoms with E-state index < -0.39 is 11.9 Å². The molecule has 168 valence electrons. The lowest BCUT2D eigenvalue weighted by molar-refractivity contribution is 0.0696.